The average molecular weight is 471 g/mol. The van der Waals surface area contributed by atoms with Crippen molar-refractivity contribution in [2.24, 2.45) is 0 Å². The monoisotopic (exact) mass is 470 g/mol. The van der Waals surface area contributed by atoms with Crippen molar-refractivity contribution < 1.29 is 14.7 Å². The Balaban J connectivity index is 1.52. The molecule has 4 aromatic heterocycles. The van der Waals surface area contributed by atoms with Gasteiger partial charge in [-0.2, -0.15) is 0 Å². The molecule has 170 valence electrons. The second-order valence-corrected chi connectivity index (χ2v) is 9.37. The van der Waals surface area contributed by atoms with Gasteiger partial charge in [-0.3, -0.25) is 14.4 Å². The third kappa shape index (κ3) is 4.35. The third-order valence-corrected chi connectivity index (χ3v) is 6.58. The Morgan fingerprint density at radius 3 is 2.68 bits per heavy atom. The van der Waals surface area contributed by atoms with Crippen molar-refractivity contribution in [2.75, 3.05) is 5.32 Å². The molecule has 1 amide bonds. The zero-order chi connectivity index (χ0) is 23.7. The SMILES string of the molecule is Cc1ccc(-c2cnc3c(Nc4ccccc4)cc(C(=O)NCc4ccc(C)[n+](O)c4)cn23)s1. The largest absolute Gasteiger partial charge is 0.352 e. The molecule has 0 aliphatic rings. The number of aryl methyl sites for hydroxylation is 2. The molecule has 0 fully saturated rings. The van der Waals surface area contributed by atoms with Gasteiger partial charge in [-0.25, -0.2) is 4.98 Å². The Morgan fingerprint density at radius 1 is 1.12 bits per heavy atom. The molecule has 0 radical (unpaired) electrons. The molecule has 0 aliphatic heterocycles. The van der Waals surface area contributed by atoms with E-state index in [4.69, 9.17) is 0 Å². The van der Waals surface area contributed by atoms with Crippen molar-refractivity contribution in [1.82, 2.24) is 14.7 Å². The molecule has 8 heteroatoms. The van der Waals surface area contributed by atoms with Crippen LogP contribution in [0.3, 0.4) is 0 Å². The van der Waals surface area contributed by atoms with E-state index in [0.29, 0.717) is 17.8 Å². The number of thiophene rings is 1. The van der Waals surface area contributed by atoms with Gasteiger partial charge in [0.15, 0.2) is 5.65 Å². The molecule has 0 saturated heterocycles. The van der Waals surface area contributed by atoms with Crippen LogP contribution >= 0.6 is 11.3 Å². The van der Waals surface area contributed by atoms with Gasteiger partial charge in [0.05, 0.1) is 28.0 Å². The number of hydrogen-bond donors (Lipinski definition) is 3. The van der Waals surface area contributed by atoms with Crippen LogP contribution in [0.25, 0.3) is 16.2 Å². The summed E-state index contributed by atoms with van der Waals surface area (Å²) >= 11 is 1.69. The maximum atomic E-state index is 13.2. The van der Waals surface area contributed by atoms with Crippen molar-refractivity contribution in [3.8, 4) is 10.6 Å². The van der Waals surface area contributed by atoms with Crippen LogP contribution in [-0.4, -0.2) is 20.5 Å². The average Bonchev–Trinajstić information content (AvgIpc) is 3.46. The number of fused-ring (bicyclic) bond motifs is 1. The summed E-state index contributed by atoms with van der Waals surface area (Å²) in [4.78, 5) is 20.1. The van der Waals surface area contributed by atoms with E-state index in [9.17, 15) is 10.0 Å². The van der Waals surface area contributed by atoms with Crippen LogP contribution in [0.2, 0.25) is 0 Å². The first-order valence-electron chi connectivity index (χ1n) is 10.9. The number of rotatable bonds is 6. The van der Waals surface area contributed by atoms with Gasteiger partial charge in [0.1, 0.15) is 0 Å². The lowest BCUT2D eigenvalue weighted by molar-refractivity contribution is -0.909. The lowest BCUT2D eigenvalue weighted by Gasteiger charge is -2.12. The van der Waals surface area contributed by atoms with E-state index in [0.717, 1.165) is 37.9 Å². The Bertz CT molecular complexity index is 1490. The molecule has 1 aromatic carbocycles. The van der Waals surface area contributed by atoms with E-state index in [1.54, 1.807) is 30.5 Å². The Labute approximate surface area is 200 Å². The Hall–Kier alpha value is -4.17. The van der Waals surface area contributed by atoms with Gasteiger partial charge in [0.2, 0.25) is 11.9 Å². The molecule has 0 aliphatic carbocycles. The number of nitrogens with one attached hydrogen (secondary N) is 2. The summed E-state index contributed by atoms with van der Waals surface area (Å²) in [5.41, 5.74) is 5.33. The maximum absolute atomic E-state index is 13.2. The quantitative estimate of drug-likeness (QED) is 0.244. The van der Waals surface area contributed by atoms with Gasteiger partial charge in [-0.15, -0.1) is 11.3 Å². The van der Waals surface area contributed by atoms with Crippen LogP contribution in [0.5, 0.6) is 0 Å². The first-order valence-corrected chi connectivity index (χ1v) is 11.7. The highest BCUT2D eigenvalue weighted by Crippen LogP contribution is 2.31. The number of imidazole rings is 1. The molecule has 5 aromatic rings. The molecular weight excluding hydrogens is 446 g/mol. The number of amides is 1. The van der Waals surface area contributed by atoms with E-state index in [-0.39, 0.29) is 5.91 Å². The second kappa shape index (κ2) is 8.99. The summed E-state index contributed by atoms with van der Waals surface area (Å²) in [5.74, 6) is -0.218. The highest BCUT2D eigenvalue weighted by atomic mass is 32.1. The molecular formula is C26H24N5O2S+. The summed E-state index contributed by atoms with van der Waals surface area (Å²) in [6, 6.07) is 19.4. The number of pyridine rings is 2. The predicted octanol–water partition coefficient (Wildman–Crippen LogP) is 4.88. The lowest BCUT2D eigenvalue weighted by atomic mass is 10.2. The molecule has 0 bridgehead atoms. The normalized spacial score (nSPS) is 11.0. The van der Waals surface area contributed by atoms with Crippen molar-refractivity contribution in [2.45, 2.75) is 20.4 Å². The van der Waals surface area contributed by atoms with Crippen LogP contribution < -0.4 is 15.4 Å². The number of carbonyl (C=O) groups excluding carboxylic acids is 1. The molecule has 0 unspecified atom stereocenters. The van der Waals surface area contributed by atoms with Gasteiger partial charge in [-0.1, -0.05) is 18.2 Å². The minimum Gasteiger partial charge on any atom is -0.352 e. The number of hydrogen-bond acceptors (Lipinski definition) is 5. The zero-order valence-corrected chi connectivity index (χ0v) is 19.6. The number of benzene rings is 1. The fourth-order valence-corrected chi connectivity index (χ4v) is 4.60. The highest BCUT2D eigenvalue weighted by molar-refractivity contribution is 7.15. The van der Waals surface area contributed by atoms with Gasteiger partial charge in [-0.05, 0) is 43.3 Å². The first-order chi connectivity index (χ1) is 16.5. The minimum absolute atomic E-state index is 0.218. The van der Waals surface area contributed by atoms with Crippen LogP contribution in [0, 0.1) is 13.8 Å². The van der Waals surface area contributed by atoms with Crippen LogP contribution in [0.1, 0.15) is 26.5 Å². The fourth-order valence-electron chi connectivity index (χ4n) is 3.73. The number of nitrogens with zero attached hydrogens (tertiary/aromatic N) is 3. The van der Waals surface area contributed by atoms with Crippen molar-refractivity contribution in [3.63, 3.8) is 0 Å². The van der Waals surface area contributed by atoms with Gasteiger partial charge in [0.25, 0.3) is 5.91 Å². The fraction of sp³-hybridized carbons (Fsp3) is 0.115. The van der Waals surface area contributed by atoms with Crippen molar-refractivity contribution >= 4 is 34.3 Å². The van der Waals surface area contributed by atoms with E-state index < -0.39 is 0 Å². The number of para-hydroxylation sites is 1. The lowest BCUT2D eigenvalue weighted by Crippen LogP contribution is -2.34. The molecule has 34 heavy (non-hydrogen) atoms. The number of carbonyl (C=O) groups is 1. The van der Waals surface area contributed by atoms with E-state index >= 15 is 0 Å². The van der Waals surface area contributed by atoms with Crippen LogP contribution in [-0.2, 0) is 6.54 Å². The van der Waals surface area contributed by atoms with Crippen LogP contribution in [0.15, 0.2) is 79.3 Å². The van der Waals surface area contributed by atoms with Gasteiger partial charge >= 0.3 is 0 Å². The van der Waals surface area contributed by atoms with E-state index in [1.165, 1.54) is 4.88 Å². The molecule has 0 saturated carbocycles. The van der Waals surface area contributed by atoms with Crippen molar-refractivity contribution in [1.29, 1.82) is 0 Å². The number of anilines is 2. The summed E-state index contributed by atoms with van der Waals surface area (Å²) in [6.45, 7) is 4.16. The summed E-state index contributed by atoms with van der Waals surface area (Å²) < 4.78 is 3.01. The molecule has 3 N–H and O–H groups in total. The molecule has 7 nitrogen and oxygen atoms in total. The van der Waals surface area contributed by atoms with E-state index in [1.807, 2.05) is 59.3 Å². The standard InChI is InChI=1S/C26H23N5O2S/c1-17-8-10-19(15-31(17)33)13-28-26(32)20-12-22(29-21-6-4-3-5-7-21)25-27-14-23(30(25)16-20)24-11-9-18(2)34-24/h3-12,14-16,29H,13H2,1-2H3,(H-,28,32,33)/p+1. The van der Waals surface area contributed by atoms with Gasteiger partial charge < -0.3 is 10.6 Å². The predicted molar refractivity (Wildman–Crippen MR) is 133 cm³/mol. The second-order valence-electron chi connectivity index (χ2n) is 8.09. The van der Waals surface area contributed by atoms with Gasteiger partial charge in [0, 0.05) is 46.6 Å². The molecule has 4 heterocycles. The number of aromatic nitrogens is 3. The topological polar surface area (TPSA) is 82.5 Å². The third-order valence-electron chi connectivity index (χ3n) is 5.55. The summed E-state index contributed by atoms with van der Waals surface area (Å²) in [6.07, 6.45) is 5.25. The Kier molecular flexibility index (Phi) is 5.73. The summed E-state index contributed by atoms with van der Waals surface area (Å²) in [5, 5.41) is 16.2. The maximum Gasteiger partial charge on any atom is 0.253 e. The molecule has 5 rings (SSSR count). The molecule has 0 atom stereocenters. The first kappa shape index (κ1) is 21.7. The molecule has 0 spiro atoms. The Morgan fingerprint density at radius 2 is 1.94 bits per heavy atom. The smallest absolute Gasteiger partial charge is 0.253 e. The van der Waals surface area contributed by atoms with E-state index in [2.05, 4.69) is 34.7 Å². The summed E-state index contributed by atoms with van der Waals surface area (Å²) in [7, 11) is 0. The minimum atomic E-state index is -0.218. The van der Waals surface area contributed by atoms with Crippen LogP contribution in [0.4, 0.5) is 11.4 Å². The highest BCUT2D eigenvalue weighted by Gasteiger charge is 2.17. The zero-order valence-electron chi connectivity index (χ0n) is 18.8. The van der Waals surface area contributed by atoms with Crippen molar-refractivity contribution in [3.05, 3.63) is 101 Å².